The molecule has 2 amide bonds. The minimum atomic E-state index is -0.495. The first-order valence-electron chi connectivity index (χ1n) is 9.60. The number of halogens is 2. The second-order valence-electron chi connectivity index (χ2n) is 7.05. The molecule has 0 saturated heterocycles. The minimum Gasteiger partial charge on any atom is -0.497 e. The van der Waals surface area contributed by atoms with E-state index in [1.807, 2.05) is 31.2 Å². The van der Waals surface area contributed by atoms with E-state index in [-0.39, 0.29) is 10.6 Å². The number of ether oxygens (including phenoxy) is 1. The average Bonchev–Trinajstić information content (AvgIpc) is 2.98. The SMILES string of the molecule is COc1cccc(NC2=C(Sc3ccc(C)cc3)C(=O)N(c3cc(Cl)cc(Cl)c3)C2=O)c1. The molecule has 1 aliphatic rings. The molecular weight excluding hydrogens is 467 g/mol. The predicted octanol–water partition coefficient (Wildman–Crippen LogP) is 6.30. The van der Waals surface area contributed by atoms with Gasteiger partial charge in [-0.15, -0.1) is 0 Å². The molecular formula is C24H18Cl2N2O3S. The lowest BCUT2D eigenvalue weighted by molar-refractivity contribution is -0.120. The topological polar surface area (TPSA) is 58.6 Å². The second-order valence-corrected chi connectivity index (χ2v) is 9.01. The van der Waals surface area contributed by atoms with Crippen molar-refractivity contribution in [2.24, 2.45) is 0 Å². The number of rotatable bonds is 6. The third-order valence-electron chi connectivity index (χ3n) is 4.73. The number of nitrogens with one attached hydrogen (secondary N) is 1. The lowest BCUT2D eigenvalue weighted by Gasteiger charge is -2.16. The van der Waals surface area contributed by atoms with E-state index in [9.17, 15) is 9.59 Å². The maximum atomic E-state index is 13.4. The molecule has 1 heterocycles. The number of anilines is 2. The first kappa shape index (κ1) is 22.3. The fourth-order valence-electron chi connectivity index (χ4n) is 3.19. The minimum absolute atomic E-state index is 0.171. The molecule has 0 aliphatic carbocycles. The van der Waals surface area contributed by atoms with Crippen LogP contribution in [0.15, 0.2) is 82.2 Å². The highest BCUT2D eigenvalue weighted by Gasteiger charge is 2.40. The van der Waals surface area contributed by atoms with Gasteiger partial charge in [0, 0.05) is 26.7 Å². The van der Waals surface area contributed by atoms with Crippen molar-refractivity contribution in [2.45, 2.75) is 11.8 Å². The van der Waals surface area contributed by atoms with E-state index < -0.39 is 11.8 Å². The van der Waals surface area contributed by atoms with Crippen molar-refractivity contribution < 1.29 is 14.3 Å². The third kappa shape index (κ3) is 4.63. The molecule has 0 unspecified atom stereocenters. The first-order chi connectivity index (χ1) is 15.4. The van der Waals surface area contributed by atoms with Gasteiger partial charge in [0.05, 0.1) is 12.8 Å². The summed E-state index contributed by atoms with van der Waals surface area (Å²) in [6, 6.07) is 19.5. The van der Waals surface area contributed by atoms with Crippen molar-refractivity contribution in [3.63, 3.8) is 0 Å². The summed E-state index contributed by atoms with van der Waals surface area (Å²) >= 11 is 13.5. The number of methoxy groups -OCH3 is 1. The number of carbonyl (C=O) groups excluding carboxylic acids is 2. The number of hydrogen-bond acceptors (Lipinski definition) is 5. The van der Waals surface area contributed by atoms with Crippen LogP contribution in [0.4, 0.5) is 11.4 Å². The van der Waals surface area contributed by atoms with Crippen molar-refractivity contribution in [2.75, 3.05) is 17.3 Å². The van der Waals surface area contributed by atoms with Crippen LogP contribution in [-0.2, 0) is 9.59 Å². The molecule has 0 radical (unpaired) electrons. The number of hydrogen-bond donors (Lipinski definition) is 1. The Kier molecular flexibility index (Phi) is 6.46. The quantitative estimate of drug-likeness (QED) is 0.416. The standard InChI is InChI=1S/C24H18Cl2N2O3S/c1-14-6-8-20(9-7-14)32-22-21(27-17-4-3-5-19(13-17)31-2)23(29)28(24(22)30)18-11-15(25)10-16(26)12-18/h3-13,27H,1-2H3. The van der Waals surface area contributed by atoms with Crippen molar-refractivity contribution in [3.05, 3.63) is 92.9 Å². The Morgan fingerprint density at radius 2 is 1.59 bits per heavy atom. The summed E-state index contributed by atoms with van der Waals surface area (Å²) in [5, 5.41) is 3.76. The van der Waals surface area contributed by atoms with Crippen LogP contribution < -0.4 is 15.0 Å². The maximum absolute atomic E-state index is 13.4. The molecule has 0 bridgehead atoms. The Morgan fingerprint density at radius 1 is 0.906 bits per heavy atom. The summed E-state index contributed by atoms with van der Waals surface area (Å²) in [4.78, 5) is 29.0. The Morgan fingerprint density at radius 3 is 2.25 bits per heavy atom. The largest absolute Gasteiger partial charge is 0.497 e. The molecule has 162 valence electrons. The van der Waals surface area contributed by atoms with Gasteiger partial charge in [-0.1, -0.05) is 58.7 Å². The number of benzene rings is 3. The molecule has 8 heteroatoms. The number of amides is 2. The van der Waals surface area contributed by atoms with Gasteiger partial charge in [0.15, 0.2) is 0 Å². The van der Waals surface area contributed by atoms with Crippen LogP contribution >= 0.6 is 35.0 Å². The lowest BCUT2D eigenvalue weighted by Crippen LogP contribution is -2.32. The van der Waals surface area contributed by atoms with E-state index in [1.165, 1.54) is 23.9 Å². The molecule has 3 aromatic carbocycles. The van der Waals surface area contributed by atoms with Crippen molar-refractivity contribution >= 4 is 58.2 Å². The molecule has 0 atom stereocenters. The number of imide groups is 1. The molecule has 1 N–H and O–H groups in total. The lowest BCUT2D eigenvalue weighted by atomic mass is 10.2. The Labute approximate surface area is 200 Å². The van der Waals surface area contributed by atoms with Crippen LogP contribution in [0.2, 0.25) is 10.0 Å². The summed E-state index contributed by atoms with van der Waals surface area (Å²) in [7, 11) is 1.56. The van der Waals surface area contributed by atoms with Gasteiger partial charge < -0.3 is 10.1 Å². The molecule has 0 fully saturated rings. The van der Waals surface area contributed by atoms with Gasteiger partial charge in [0.25, 0.3) is 11.8 Å². The molecule has 32 heavy (non-hydrogen) atoms. The Balaban J connectivity index is 1.76. The summed E-state index contributed by atoms with van der Waals surface area (Å²) in [5.41, 5.74) is 2.20. The van der Waals surface area contributed by atoms with E-state index in [0.717, 1.165) is 15.4 Å². The molecule has 4 rings (SSSR count). The van der Waals surface area contributed by atoms with Crippen LogP contribution in [0, 0.1) is 6.92 Å². The fourth-order valence-corrected chi connectivity index (χ4v) is 4.63. The monoisotopic (exact) mass is 484 g/mol. The van der Waals surface area contributed by atoms with Crippen LogP contribution in [0.5, 0.6) is 5.75 Å². The van der Waals surface area contributed by atoms with Gasteiger partial charge in [-0.2, -0.15) is 0 Å². The number of carbonyl (C=O) groups is 2. The van der Waals surface area contributed by atoms with E-state index in [0.29, 0.717) is 27.2 Å². The summed E-state index contributed by atoms with van der Waals surface area (Å²) in [6.45, 7) is 1.98. The van der Waals surface area contributed by atoms with E-state index >= 15 is 0 Å². The van der Waals surface area contributed by atoms with Crippen LogP contribution in [0.1, 0.15) is 5.56 Å². The second kappa shape index (κ2) is 9.28. The normalized spacial score (nSPS) is 13.7. The zero-order chi connectivity index (χ0) is 22.8. The zero-order valence-electron chi connectivity index (χ0n) is 17.2. The van der Waals surface area contributed by atoms with Gasteiger partial charge in [0.2, 0.25) is 0 Å². The Bertz CT molecular complexity index is 1220. The maximum Gasteiger partial charge on any atom is 0.283 e. The van der Waals surface area contributed by atoms with Crippen LogP contribution in [0.25, 0.3) is 0 Å². The summed E-state index contributed by atoms with van der Waals surface area (Å²) in [5.74, 6) is -0.325. The number of aryl methyl sites for hydroxylation is 1. The van der Waals surface area contributed by atoms with Crippen molar-refractivity contribution in [1.82, 2.24) is 0 Å². The van der Waals surface area contributed by atoms with Crippen molar-refractivity contribution in [1.29, 1.82) is 0 Å². The molecule has 0 saturated carbocycles. The van der Waals surface area contributed by atoms with Crippen LogP contribution in [0.3, 0.4) is 0 Å². The highest BCUT2D eigenvalue weighted by atomic mass is 35.5. The van der Waals surface area contributed by atoms with Gasteiger partial charge in [0.1, 0.15) is 16.4 Å². The first-order valence-corrected chi connectivity index (χ1v) is 11.2. The Hall–Kier alpha value is -2.93. The average molecular weight is 485 g/mol. The van der Waals surface area contributed by atoms with Gasteiger partial charge in [-0.3, -0.25) is 9.59 Å². The molecule has 3 aromatic rings. The summed E-state index contributed by atoms with van der Waals surface area (Å²) in [6.07, 6.45) is 0. The van der Waals surface area contributed by atoms with E-state index in [4.69, 9.17) is 27.9 Å². The number of nitrogens with zero attached hydrogens (tertiary/aromatic N) is 1. The number of thioether (sulfide) groups is 1. The highest BCUT2D eigenvalue weighted by Crippen LogP contribution is 2.39. The molecule has 0 spiro atoms. The van der Waals surface area contributed by atoms with Crippen LogP contribution in [-0.4, -0.2) is 18.9 Å². The molecule has 1 aliphatic heterocycles. The molecule has 5 nitrogen and oxygen atoms in total. The van der Waals surface area contributed by atoms with Gasteiger partial charge in [-0.05, 0) is 49.4 Å². The van der Waals surface area contributed by atoms with Gasteiger partial charge >= 0.3 is 0 Å². The third-order valence-corrected chi connectivity index (χ3v) is 6.25. The zero-order valence-corrected chi connectivity index (χ0v) is 19.5. The predicted molar refractivity (Wildman–Crippen MR) is 130 cm³/mol. The summed E-state index contributed by atoms with van der Waals surface area (Å²) < 4.78 is 5.26. The smallest absolute Gasteiger partial charge is 0.283 e. The van der Waals surface area contributed by atoms with E-state index in [1.54, 1.807) is 37.4 Å². The molecule has 0 aromatic heterocycles. The fraction of sp³-hybridized carbons (Fsp3) is 0.0833. The van der Waals surface area contributed by atoms with Crippen molar-refractivity contribution in [3.8, 4) is 5.75 Å². The van der Waals surface area contributed by atoms with Gasteiger partial charge in [-0.25, -0.2) is 4.90 Å². The highest BCUT2D eigenvalue weighted by molar-refractivity contribution is 8.04. The van der Waals surface area contributed by atoms with E-state index in [2.05, 4.69) is 5.32 Å².